The Balaban J connectivity index is 2.11. The van der Waals surface area contributed by atoms with Crippen molar-refractivity contribution < 1.29 is 0 Å². The van der Waals surface area contributed by atoms with Gasteiger partial charge in [-0.05, 0) is 36.8 Å². The SMILES string of the molecule is Cc1cc(C#N)cc(NCc2cccc(Cl)c2)n1. The molecule has 0 saturated carbocycles. The molecule has 0 aliphatic heterocycles. The van der Waals surface area contributed by atoms with E-state index in [0.29, 0.717) is 22.9 Å². The number of aromatic nitrogens is 1. The highest BCUT2D eigenvalue weighted by molar-refractivity contribution is 6.30. The van der Waals surface area contributed by atoms with Crippen LogP contribution in [0.1, 0.15) is 16.8 Å². The van der Waals surface area contributed by atoms with Crippen molar-refractivity contribution in [2.45, 2.75) is 13.5 Å². The normalized spacial score (nSPS) is 9.83. The molecule has 2 aromatic rings. The summed E-state index contributed by atoms with van der Waals surface area (Å²) in [7, 11) is 0. The molecule has 0 aliphatic rings. The first-order chi connectivity index (χ1) is 8.67. The van der Waals surface area contributed by atoms with Crippen LogP contribution in [-0.4, -0.2) is 4.98 Å². The van der Waals surface area contributed by atoms with E-state index >= 15 is 0 Å². The molecule has 0 aliphatic carbocycles. The Hall–Kier alpha value is -2.05. The molecule has 4 heteroatoms. The molecule has 0 fully saturated rings. The standard InChI is InChI=1S/C14H12ClN3/c1-10-5-12(8-16)7-14(18-10)17-9-11-3-2-4-13(15)6-11/h2-7H,9H2,1H3,(H,17,18). The molecule has 1 aromatic heterocycles. The average Bonchev–Trinajstić information content (AvgIpc) is 2.36. The Kier molecular flexibility index (Phi) is 3.81. The maximum absolute atomic E-state index is 8.89. The Morgan fingerprint density at radius 3 is 2.89 bits per heavy atom. The van der Waals surface area contributed by atoms with E-state index in [1.807, 2.05) is 31.2 Å². The van der Waals surface area contributed by atoms with Crippen LogP contribution in [0.3, 0.4) is 0 Å². The van der Waals surface area contributed by atoms with E-state index < -0.39 is 0 Å². The number of aryl methyl sites for hydroxylation is 1. The van der Waals surface area contributed by atoms with Crippen LogP contribution < -0.4 is 5.32 Å². The summed E-state index contributed by atoms with van der Waals surface area (Å²) in [4.78, 5) is 4.32. The molecule has 0 spiro atoms. The van der Waals surface area contributed by atoms with E-state index in [1.54, 1.807) is 12.1 Å². The predicted octanol–water partition coefficient (Wildman–Crippen LogP) is 3.53. The van der Waals surface area contributed by atoms with E-state index in [-0.39, 0.29) is 0 Å². The van der Waals surface area contributed by atoms with Crippen LogP contribution in [-0.2, 0) is 6.54 Å². The fraction of sp³-hybridized carbons (Fsp3) is 0.143. The molecule has 0 unspecified atom stereocenters. The summed E-state index contributed by atoms with van der Waals surface area (Å²) < 4.78 is 0. The van der Waals surface area contributed by atoms with E-state index in [4.69, 9.17) is 16.9 Å². The maximum Gasteiger partial charge on any atom is 0.127 e. The highest BCUT2D eigenvalue weighted by Crippen LogP contribution is 2.13. The Morgan fingerprint density at radius 1 is 1.33 bits per heavy atom. The van der Waals surface area contributed by atoms with Gasteiger partial charge in [-0.25, -0.2) is 4.98 Å². The molecule has 0 bridgehead atoms. The van der Waals surface area contributed by atoms with Gasteiger partial charge in [-0.2, -0.15) is 5.26 Å². The zero-order valence-corrected chi connectivity index (χ0v) is 10.7. The molecule has 0 radical (unpaired) electrons. The van der Waals surface area contributed by atoms with Crippen LogP contribution >= 0.6 is 11.6 Å². The quantitative estimate of drug-likeness (QED) is 0.915. The lowest BCUT2D eigenvalue weighted by atomic mass is 10.2. The third-order valence-electron chi connectivity index (χ3n) is 2.45. The number of hydrogen-bond donors (Lipinski definition) is 1. The number of nitrogens with zero attached hydrogens (tertiary/aromatic N) is 2. The van der Waals surface area contributed by atoms with Crippen molar-refractivity contribution in [2.75, 3.05) is 5.32 Å². The summed E-state index contributed by atoms with van der Waals surface area (Å²) in [5.74, 6) is 0.700. The Labute approximate surface area is 111 Å². The molecular formula is C14H12ClN3. The molecule has 18 heavy (non-hydrogen) atoms. The van der Waals surface area contributed by atoms with Crippen LogP contribution in [0.15, 0.2) is 36.4 Å². The molecule has 90 valence electrons. The van der Waals surface area contributed by atoms with Gasteiger partial charge in [0.05, 0.1) is 11.6 Å². The molecule has 2 rings (SSSR count). The molecule has 0 amide bonds. The van der Waals surface area contributed by atoms with Gasteiger partial charge >= 0.3 is 0 Å². The smallest absolute Gasteiger partial charge is 0.127 e. The maximum atomic E-state index is 8.89. The molecular weight excluding hydrogens is 246 g/mol. The minimum absolute atomic E-state index is 0.607. The zero-order chi connectivity index (χ0) is 13.0. The van der Waals surface area contributed by atoms with Gasteiger partial charge in [0.2, 0.25) is 0 Å². The van der Waals surface area contributed by atoms with Crippen molar-refractivity contribution in [3.63, 3.8) is 0 Å². The second-order valence-electron chi connectivity index (χ2n) is 3.98. The second-order valence-corrected chi connectivity index (χ2v) is 4.41. The number of rotatable bonds is 3. The number of anilines is 1. The van der Waals surface area contributed by atoms with Gasteiger partial charge in [0.25, 0.3) is 0 Å². The van der Waals surface area contributed by atoms with Crippen molar-refractivity contribution in [1.29, 1.82) is 5.26 Å². The first kappa shape index (κ1) is 12.4. The lowest BCUT2D eigenvalue weighted by Gasteiger charge is -2.07. The van der Waals surface area contributed by atoms with Gasteiger partial charge in [0.15, 0.2) is 0 Å². The number of benzene rings is 1. The van der Waals surface area contributed by atoms with E-state index in [0.717, 1.165) is 11.3 Å². The van der Waals surface area contributed by atoms with Gasteiger partial charge in [0, 0.05) is 17.3 Å². The molecule has 1 aromatic carbocycles. The van der Waals surface area contributed by atoms with Crippen LogP contribution in [0, 0.1) is 18.3 Å². The number of pyridine rings is 1. The molecule has 3 nitrogen and oxygen atoms in total. The summed E-state index contributed by atoms with van der Waals surface area (Å²) in [6, 6.07) is 13.2. The fourth-order valence-electron chi connectivity index (χ4n) is 1.66. The Bertz CT molecular complexity index is 602. The fourth-order valence-corrected chi connectivity index (χ4v) is 1.88. The third-order valence-corrected chi connectivity index (χ3v) is 2.68. The summed E-state index contributed by atoms with van der Waals surface area (Å²) in [5.41, 5.74) is 2.50. The number of hydrogen-bond acceptors (Lipinski definition) is 3. The predicted molar refractivity (Wildman–Crippen MR) is 72.5 cm³/mol. The van der Waals surface area contributed by atoms with Crippen molar-refractivity contribution in [2.24, 2.45) is 0 Å². The minimum Gasteiger partial charge on any atom is -0.366 e. The van der Waals surface area contributed by atoms with Crippen molar-refractivity contribution >= 4 is 17.4 Å². The molecule has 1 heterocycles. The second kappa shape index (κ2) is 5.52. The Morgan fingerprint density at radius 2 is 2.17 bits per heavy atom. The summed E-state index contributed by atoms with van der Waals surface area (Å²) in [6.07, 6.45) is 0. The monoisotopic (exact) mass is 257 g/mol. The van der Waals surface area contributed by atoms with Crippen LogP contribution in [0.4, 0.5) is 5.82 Å². The van der Waals surface area contributed by atoms with Gasteiger partial charge < -0.3 is 5.32 Å². The van der Waals surface area contributed by atoms with Crippen LogP contribution in [0.2, 0.25) is 5.02 Å². The topological polar surface area (TPSA) is 48.7 Å². The van der Waals surface area contributed by atoms with Gasteiger partial charge in [0.1, 0.15) is 5.82 Å². The van der Waals surface area contributed by atoms with Crippen molar-refractivity contribution in [3.8, 4) is 6.07 Å². The summed E-state index contributed by atoms with van der Waals surface area (Å²) in [6.45, 7) is 2.49. The number of nitrogens with one attached hydrogen (secondary N) is 1. The van der Waals surface area contributed by atoms with E-state index in [2.05, 4.69) is 16.4 Å². The van der Waals surface area contributed by atoms with Crippen molar-refractivity contribution in [3.05, 3.63) is 58.2 Å². The van der Waals surface area contributed by atoms with Crippen LogP contribution in [0.5, 0.6) is 0 Å². The van der Waals surface area contributed by atoms with Crippen LogP contribution in [0.25, 0.3) is 0 Å². The van der Waals surface area contributed by atoms with Gasteiger partial charge in [-0.1, -0.05) is 23.7 Å². The molecule has 0 atom stereocenters. The van der Waals surface area contributed by atoms with E-state index in [1.165, 1.54) is 0 Å². The van der Waals surface area contributed by atoms with Gasteiger partial charge in [-0.15, -0.1) is 0 Å². The highest BCUT2D eigenvalue weighted by atomic mass is 35.5. The first-order valence-corrected chi connectivity index (χ1v) is 5.92. The number of nitriles is 1. The largest absolute Gasteiger partial charge is 0.366 e. The van der Waals surface area contributed by atoms with Gasteiger partial charge in [-0.3, -0.25) is 0 Å². The molecule has 1 N–H and O–H groups in total. The molecule has 0 saturated heterocycles. The summed E-state index contributed by atoms with van der Waals surface area (Å²) >= 11 is 5.91. The summed E-state index contributed by atoms with van der Waals surface area (Å²) in [5, 5.41) is 12.8. The first-order valence-electron chi connectivity index (χ1n) is 5.54. The minimum atomic E-state index is 0.607. The number of halogens is 1. The average molecular weight is 258 g/mol. The lowest BCUT2D eigenvalue weighted by molar-refractivity contribution is 1.09. The third kappa shape index (κ3) is 3.22. The highest BCUT2D eigenvalue weighted by Gasteiger charge is 2.00. The lowest BCUT2D eigenvalue weighted by Crippen LogP contribution is -2.02. The van der Waals surface area contributed by atoms with E-state index in [9.17, 15) is 0 Å². The van der Waals surface area contributed by atoms with Crippen molar-refractivity contribution in [1.82, 2.24) is 4.98 Å². The zero-order valence-electron chi connectivity index (χ0n) is 9.94.